The first kappa shape index (κ1) is 17.7. The van der Waals surface area contributed by atoms with Crippen LogP contribution in [0.2, 0.25) is 0 Å². The van der Waals surface area contributed by atoms with Gasteiger partial charge in [-0.2, -0.15) is 0 Å². The lowest BCUT2D eigenvalue weighted by Gasteiger charge is -2.13. The van der Waals surface area contributed by atoms with Crippen LogP contribution in [0.4, 0.5) is 0 Å². The molecule has 1 amide bonds. The quantitative estimate of drug-likeness (QED) is 0.756. The van der Waals surface area contributed by atoms with Crippen molar-refractivity contribution in [2.75, 3.05) is 26.8 Å². The van der Waals surface area contributed by atoms with Crippen LogP contribution in [-0.4, -0.2) is 47.2 Å². The topological polar surface area (TPSA) is 93.7 Å². The van der Waals surface area contributed by atoms with Crippen LogP contribution in [0.15, 0.2) is 23.1 Å². The number of aryl methyl sites for hydroxylation is 1. The molecule has 0 aromatic heterocycles. The molecule has 0 radical (unpaired) electrons. The molecule has 1 saturated heterocycles. The van der Waals surface area contributed by atoms with Gasteiger partial charge in [0.15, 0.2) is 6.61 Å². The van der Waals surface area contributed by atoms with Gasteiger partial charge in [-0.3, -0.25) is 4.79 Å². The van der Waals surface area contributed by atoms with Crippen molar-refractivity contribution in [2.45, 2.75) is 30.8 Å². The van der Waals surface area contributed by atoms with Crippen molar-refractivity contribution >= 4 is 15.9 Å². The maximum absolute atomic E-state index is 12.3. The molecule has 0 bridgehead atoms. The van der Waals surface area contributed by atoms with E-state index in [-0.39, 0.29) is 30.1 Å². The van der Waals surface area contributed by atoms with Crippen LogP contribution < -0.4 is 14.8 Å². The smallest absolute Gasteiger partial charge is 0.257 e. The van der Waals surface area contributed by atoms with Gasteiger partial charge in [0.25, 0.3) is 5.91 Å². The Hall–Kier alpha value is -1.64. The summed E-state index contributed by atoms with van der Waals surface area (Å²) in [5.41, 5.74) is 0.647. The molecule has 0 spiro atoms. The predicted molar refractivity (Wildman–Crippen MR) is 84.9 cm³/mol. The molecule has 2 N–H and O–H groups in total. The zero-order valence-corrected chi connectivity index (χ0v) is 14.1. The molecule has 0 saturated carbocycles. The second-order valence-corrected chi connectivity index (χ2v) is 7.14. The summed E-state index contributed by atoms with van der Waals surface area (Å²) in [4.78, 5) is 11.3. The third-order valence-corrected chi connectivity index (χ3v) is 5.04. The van der Waals surface area contributed by atoms with Gasteiger partial charge in [0.1, 0.15) is 5.75 Å². The Bertz CT molecular complexity index is 654. The first-order valence-corrected chi connectivity index (χ1v) is 8.96. The monoisotopic (exact) mass is 342 g/mol. The average Bonchev–Trinajstić information content (AvgIpc) is 3.05. The number of rotatable bonds is 7. The van der Waals surface area contributed by atoms with Gasteiger partial charge in [-0.25, -0.2) is 13.1 Å². The molecule has 1 unspecified atom stereocenters. The highest BCUT2D eigenvalue weighted by molar-refractivity contribution is 7.89. The van der Waals surface area contributed by atoms with Crippen LogP contribution in [0, 0.1) is 6.92 Å². The van der Waals surface area contributed by atoms with E-state index in [0.29, 0.717) is 17.9 Å². The third kappa shape index (κ3) is 4.92. The van der Waals surface area contributed by atoms with Crippen molar-refractivity contribution in [3.05, 3.63) is 23.8 Å². The maximum Gasteiger partial charge on any atom is 0.257 e. The second kappa shape index (κ2) is 7.76. The molecule has 1 aliphatic rings. The van der Waals surface area contributed by atoms with E-state index in [4.69, 9.17) is 9.47 Å². The molecule has 2 rings (SSSR count). The van der Waals surface area contributed by atoms with E-state index in [1.807, 2.05) is 0 Å². The number of amides is 1. The van der Waals surface area contributed by atoms with E-state index in [0.717, 1.165) is 12.8 Å². The molecule has 1 fully saturated rings. The summed E-state index contributed by atoms with van der Waals surface area (Å²) in [6.07, 6.45) is 1.78. The first-order chi connectivity index (χ1) is 10.9. The van der Waals surface area contributed by atoms with Crippen LogP contribution in [0.5, 0.6) is 5.75 Å². The van der Waals surface area contributed by atoms with E-state index in [9.17, 15) is 13.2 Å². The summed E-state index contributed by atoms with van der Waals surface area (Å²) in [6, 6.07) is 4.54. The number of carbonyl (C=O) groups is 1. The van der Waals surface area contributed by atoms with Crippen molar-refractivity contribution in [2.24, 2.45) is 0 Å². The van der Waals surface area contributed by atoms with Crippen LogP contribution in [0.3, 0.4) is 0 Å². The van der Waals surface area contributed by atoms with Gasteiger partial charge in [-0.05, 0) is 43.5 Å². The molecule has 1 heterocycles. The SMILES string of the molecule is CNC(=O)COc1ccc(S(=O)(=O)NCC2CCCO2)cc1C. The lowest BCUT2D eigenvalue weighted by molar-refractivity contribution is -0.122. The molecule has 1 aromatic rings. The van der Waals surface area contributed by atoms with Crippen LogP contribution >= 0.6 is 0 Å². The lowest BCUT2D eigenvalue weighted by Crippen LogP contribution is -2.31. The minimum Gasteiger partial charge on any atom is -0.484 e. The Kier molecular flexibility index (Phi) is 5.97. The van der Waals surface area contributed by atoms with Crippen LogP contribution in [-0.2, 0) is 19.6 Å². The molecule has 7 nitrogen and oxygen atoms in total. The number of benzene rings is 1. The minimum absolute atomic E-state index is 0.0546. The van der Waals surface area contributed by atoms with Crippen molar-refractivity contribution in [1.82, 2.24) is 10.0 Å². The Balaban J connectivity index is 2.01. The van der Waals surface area contributed by atoms with Crippen LogP contribution in [0.1, 0.15) is 18.4 Å². The highest BCUT2D eigenvalue weighted by Gasteiger charge is 2.20. The number of sulfonamides is 1. The summed E-state index contributed by atoms with van der Waals surface area (Å²) >= 11 is 0. The third-order valence-electron chi connectivity index (χ3n) is 3.62. The van der Waals surface area contributed by atoms with E-state index >= 15 is 0 Å². The van der Waals surface area contributed by atoms with Gasteiger partial charge in [-0.15, -0.1) is 0 Å². The Morgan fingerprint density at radius 1 is 1.43 bits per heavy atom. The molecule has 1 aliphatic heterocycles. The van der Waals surface area contributed by atoms with Crippen molar-refractivity contribution in [1.29, 1.82) is 0 Å². The molecule has 23 heavy (non-hydrogen) atoms. The van der Waals surface area contributed by atoms with Crippen molar-refractivity contribution in [3.63, 3.8) is 0 Å². The maximum atomic E-state index is 12.3. The van der Waals surface area contributed by atoms with Gasteiger partial charge in [-0.1, -0.05) is 0 Å². The highest BCUT2D eigenvalue weighted by atomic mass is 32.2. The minimum atomic E-state index is -3.59. The summed E-state index contributed by atoms with van der Waals surface area (Å²) in [6.45, 7) is 2.58. The highest BCUT2D eigenvalue weighted by Crippen LogP contribution is 2.22. The number of likely N-dealkylation sites (N-methyl/N-ethyl adjacent to an activating group) is 1. The van der Waals surface area contributed by atoms with E-state index in [1.54, 1.807) is 13.0 Å². The van der Waals surface area contributed by atoms with Gasteiger partial charge in [0.05, 0.1) is 11.0 Å². The molecule has 0 aliphatic carbocycles. The standard InChI is InChI=1S/C15H22N2O5S/c1-11-8-13(5-6-14(11)22-10-15(18)16-2)23(19,20)17-9-12-4-3-7-21-12/h5-6,8,12,17H,3-4,7,9-10H2,1-2H3,(H,16,18). The molecule has 1 aromatic carbocycles. The molecular formula is C15H22N2O5S. The Morgan fingerprint density at radius 2 is 2.22 bits per heavy atom. The van der Waals surface area contributed by atoms with Crippen molar-refractivity contribution in [3.8, 4) is 5.75 Å². The molecule has 1 atom stereocenters. The summed E-state index contributed by atoms with van der Waals surface area (Å²) in [5.74, 6) is 0.228. The van der Waals surface area contributed by atoms with Gasteiger partial charge >= 0.3 is 0 Å². The number of carbonyl (C=O) groups excluding carboxylic acids is 1. The predicted octanol–water partition coefficient (Wildman–Crippen LogP) is 0.577. The Morgan fingerprint density at radius 3 is 2.83 bits per heavy atom. The van der Waals surface area contributed by atoms with Gasteiger partial charge in [0, 0.05) is 20.2 Å². The Labute approximate surface area is 136 Å². The fourth-order valence-electron chi connectivity index (χ4n) is 2.26. The largest absolute Gasteiger partial charge is 0.484 e. The summed E-state index contributed by atoms with van der Waals surface area (Å²) < 4.78 is 37.9. The number of hydrogen-bond acceptors (Lipinski definition) is 5. The first-order valence-electron chi connectivity index (χ1n) is 7.47. The fraction of sp³-hybridized carbons (Fsp3) is 0.533. The fourth-order valence-corrected chi connectivity index (χ4v) is 3.41. The van der Waals surface area contributed by atoms with Crippen molar-refractivity contribution < 1.29 is 22.7 Å². The lowest BCUT2D eigenvalue weighted by atomic mass is 10.2. The van der Waals surface area contributed by atoms with E-state index < -0.39 is 10.0 Å². The molecular weight excluding hydrogens is 320 g/mol. The molecule has 8 heteroatoms. The van der Waals surface area contributed by atoms with Gasteiger partial charge < -0.3 is 14.8 Å². The van der Waals surface area contributed by atoms with Gasteiger partial charge in [0.2, 0.25) is 10.0 Å². The number of nitrogens with one attached hydrogen (secondary N) is 2. The number of hydrogen-bond donors (Lipinski definition) is 2. The van der Waals surface area contributed by atoms with E-state index in [1.165, 1.54) is 19.2 Å². The summed E-state index contributed by atoms with van der Waals surface area (Å²) in [5, 5.41) is 2.45. The average molecular weight is 342 g/mol. The zero-order chi connectivity index (χ0) is 16.9. The molecule has 128 valence electrons. The number of ether oxygens (including phenoxy) is 2. The second-order valence-electron chi connectivity index (χ2n) is 5.38. The summed E-state index contributed by atoms with van der Waals surface area (Å²) in [7, 11) is -2.07. The normalized spacial score (nSPS) is 17.9. The van der Waals surface area contributed by atoms with Crippen LogP contribution in [0.25, 0.3) is 0 Å². The van der Waals surface area contributed by atoms with E-state index in [2.05, 4.69) is 10.0 Å². The zero-order valence-electron chi connectivity index (χ0n) is 13.3.